The number of nitrogens with zero attached hydrogens (tertiary/aromatic N) is 5. The van der Waals surface area contributed by atoms with Gasteiger partial charge in [0.1, 0.15) is 24.6 Å². The molecular formula is C12H18N6O4. The third-order valence-corrected chi connectivity index (χ3v) is 3.66. The van der Waals surface area contributed by atoms with Crippen molar-refractivity contribution < 1.29 is 20.1 Å². The summed E-state index contributed by atoms with van der Waals surface area (Å²) in [5.41, 5.74) is 6.57. The summed E-state index contributed by atoms with van der Waals surface area (Å²) in [4.78, 5) is 14.1. The zero-order chi connectivity index (χ0) is 16.0. The van der Waals surface area contributed by atoms with Gasteiger partial charge in [0.2, 0.25) is 5.95 Å². The van der Waals surface area contributed by atoms with Gasteiger partial charge in [0.05, 0.1) is 6.61 Å². The van der Waals surface area contributed by atoms with Crippen LogP contribution in [-0.2, 0) is 4.74 Å². The highest BCUT2D eigenvalue weighted by Crippen LogP contribution is 2.35. The summed E-state index contributed by atoms with van der Waals surface area (Å²) in [5, 5.41) is 29.4. The summed E-state index contributed by atoms with van der Waals surface area (Å²) < 4.78 is 7.10. The third-order valence-electron chi connectivity index (χ3n) is 3.66. The first-order valence-electron chi connectivity index (χ1n) is 6.74. The zero-order valence-electron chi connectivity index (χ0n) is 12.2. The van der Waals surface area contributed by atoms with Crippen LogP contribution < -0.4 is 10.6 Å². The van der Waals surface area contributed by atoms with Crippen molar-refractivity contribution in [2.75, 3.05) is 31.3 Å². The van der Waals surface area contributed by atoms with Crippen LogP contribution in [0.15, 0.2) is 6.33 Å². The average molecular weight is 310 g/mol. The Morgan fingerprint density at radius 3 is 2.64 bits per heavy atom. The lowest BCUT2D eigenvalue weighted by Gasteiger charge is -2.21. The summed E-state index contributed by atoms with van der Waals surface area (Å²) in [5.74, 6) is 0.649. The quantitative estimate of drug-likeness (QED) is 0.510. The number of fused-ring (bicyclic) bond motifs is 1. The highest BCUT2D eigenvalue weighted by molar-refractivity contribution is 5.84. The van der Waals surface area contributed by atoms with Crippen LogP contribution in [0.3, 0.4) is 0 Å². The number of nitrogen functional groups attached to an aromatic ring is 1. The zero-order valence-corrected chi connectivity index (χ0v) is 12.2. The fourth-order valence-electron chi connectivity index (χ4n) is 2.56. The van der Waals surface area contributed by atoms with Gasteiger partial charge in [-0.1, -0.05) is 0 Å². The first kappa shape index (κ1) is 14.9. The molecule has 2 aromatic heterocycles. The van der Waals surface area contributed by atoms with Crippen LogP contribution >= 0.6 is 0 Å². The number of nitrogens with two attached hydrogens (primary N) is 1. The third kappa shape index (κ3) is 2.08. The maximum absolute atomic E-state index is 10.2. The average Bonchev–Trinajstić information content (AvgIpc) is 3.00. The lowest BCUT2D eigenvalue weighted by Crippen LogP contribution is -2.33. The minimum atomic E-state index is -1.23. The number of hydrogen-bond acceptors (Lipinski definition) is 9. The molecule has 1 fully saturated rings. The van der Waals surface area contributed by atoms with Gasteiger partial charge in [-0.25, -0.2) is 15.0 Å². The van der Waals surface area contributed by atoms with Gasteiger partial charge in [-0.05, 0) is 0 Å². The molecule has 0 aromatic carbocycles. The Balaban J connectivity index is 2.17. The van der Waals surface area contributed by atoms with Crippen LogP contribution in [0.2, 0.25) is 0 Å². The van der Waals surface area contributed by atoms with Crippen molar-refractivity contribution in [3.8, 4) is 0 Å². The van der Waals surface area contributed by atoms with Gasteiger partial charge < -0.3 is 30.7 Å². The summed E-state index contributed by atoms with van der Waals surface area (Å²) in [6.07, 6.45) is -2.97. The molecular weight excluding hydrogens is 292 g/mol. The highest BCUT2D eigenvalue weighted by Gasteiger charge is 2.45. The van der Waals surface area contributed by atoms with Crippen molar-refractivity contribution in [2.24, 2.45) is 0 Å². The van der Waals surface area contributed by atoms with Crippen molar-refractivity contribution >= 4 is 22.9 Å². The normalized spacial score (nSPS) is 28.4. The van der Waals surface area contributed by atoms with Crippen molar-refractivity contribution in [3.05, 3.63) is 6.33 Å². The number of hydrogen-bond donors (Lipinski definition) is 4. The molecule has 0 unspecified atom stereocenters. The monoisotopic (exact) mass is 310 g/mol. The Kier molecular flexibility index (Phi) is 3.60. The fourth-order valence-corrected chi connectivity index (χ4v) is 2.56. The lowest BCUT2D eigenvalue weighted by molar-refractivity contribution is -0.0503. The predicted molar refractivity (Wildman–Crippen MR) is 77.1 cm³/mol. The molecule has 5 N–H and O–H groups in total. The van der Waals surface area contributed by atoms with E-state index in [2.05, 4.69) is 15.0 Å². The van der Waals surface area contributed by atoms with E-state index in [9.17, 15) is 15.3 Å². The molecule has 0 radical (unpaired) electrons. The van der Waals surface area contributed by atoms with Gasteiger partial charge in [0.25, 0.3) is 0 Å². The van der Waals surface area contributed by atoms with Crippen LogP contribution in [0.4, 0.5) is 11.8 Å². The van der Waals surface area contributed by atoms with Crippen LogP contribution in [0.25, 0.3) is 11.2 Å². The van der Waals surface area contributed by atoms with E-state index >= 15 is 0 Å². The number of aliphatic hydroxyl groups excluding tert-OH is 3. The maximum atomic E-state index is 10.2. The van der Waals surface area contributed by atoms with Gasteiger partial charge in [-0.3, -0.25) is 4.57 Å². The molecule has 0 amide bonds. The van der Waals surface area contributed by atoms with Gasteiger partial charge in [-0.2, -0.15) is 0 Å². The van der Waals surface area contributed by atoms with Crippen molar-refractivity contribution in [2.45, 2.75) is 24.5 Å². The molecule has 2 aromatic rings. The number of ether oxygens (including phenoxy) is 1. The summed E-state index contributed by atoms with van der Waals surface area (Å²) >= 11 is 0. The van der Waals surface area contributed by atoms with E-state index in [1.165, 1.54) is 10.9 Å². The Morgan fingerprint density at radius 2 is 2.05 bits per heavy atom. The standard InChI is InChI=1S/C12H18N6O4/c1-17(2)12-16-6-9(13)14-4-15-10(6)18(12)11-8(21)7(20)5(3-19)22-11/h4-5,7-8,11,19-21H,3H2,1-2H3,(H2,13,14,15)/t5-,7-,8+,11+/m1/s1. The maximum Gasteiger partial charge on any atom is 0.209 e. The van der Waals surface area contributed by atoms with Gasteiger partial charge in [0.15, 0.2) is 23.2 Å². The van der Waals surface area contributed by atoms with Crippen molar-refractivity contribution in [3.63, 3.8) is 0 Å². The lowest BCUT2D eigenvalue weighted by atomic mass is 10.1. The van der Waals surface area contributed by atoms with Crippen LogP contribution in [0.5, 0.6) is 0 Å². The second kappa shape index (κ2) is 5.32. The predicted octanol–water partition coefficient (Wildman–Crippen LogP) is -1.91. The number of imidazole rings is 1. The first-order valence-corrected chi connectivity index (χ1v) is 6.74. The molecule has 0 bridgehead atoms. The Labute approximate surface area is 125 Å². The molecule has 1 aliphatic heterocycles. The van der Waals surface area contributed by atoms with Crippen LogP contribution in [0, 0.1) is 0 Å². The van der Waals surface area contributed by atoms with Crippen molar-refractivity contribution in [1.29, 1.82) is 0 Å². The molecule has 3 rings (SSSR count). The van der Waals surface area contributed by atoms with Crippen LogP contribution in [-0.4, -0.2) is 73.9 Å². The van der Waals surface area contributed by atoms with E-state index in [4.69, 9.17) is 10.5 Å². The van der Waals surface area contributed by atoms with Gasteiger partial charge >= 0.3 is 0 Å². The molecule has 1 saturated heterocycles. The van der Waals surface area contributed by atoms with Gasteiger partial charge in [0, 0.05) is 14.1 Å². The van der Waals surface area contributed by atoms with E-state index in [-0.39, 0.29) is 5.82 Å². The smallest absolute Gasteiger partial charge is 0.209 e. The number of rotatable bonds is 3. The highest BCUT2D eigenvalue weighted by atomic mass is 16.6. The summed E-state index contributed by atoms with van der Waals surface area (Å²) in [6.45, 7) is -0.407. The molecule has 0 saturated carbocycles. The van der Waals surface area contributed by atoms with E-state index in [1.807, 2.05) is 0 Å². The van der Waals surface area contributed by atoms with E-state index < -0.39 is 31.1 Å². The SMILES string of the molecule is CN(C)c1nc2c(N)ncnc2n1[C@H]1O[C@H](CO)[C@@H](O)[C@@H]1O. The number of aliphatic hydroxyl groups is 3. The molecule has 120 valence electrons. The van der Waals surface area contributed by atoms with E-state index in [0.29, 0.717) is 17.1 Å². The van der Waals surface area contributed by atoms with Crippen LogP contribution in [0.1, 0.15) is 6.23 Å². The van der Waals surface area contributed by atoms with Crippen molar-refractivity contribution in [1.82, 2.24) is 19.5 Å². The molecule has 0 aliphatic carbocycles. The molecule has 3 heterocycles. The second-order valence-corrected chi connectivity index (χ2v) is 5.34. The second-order valence-electron chi connectivity index (χ2n) is 5.34. The largest absolute Gasteiger partial charge is 0.394 e. The summed E-state index contributed by atoms with van der Waals surface area (Å²) in [6, 6.07) is 0. The Bertz CT molecular complexity index is 690. The molecule has 4 atom stereocenters. The summed E-state index contributed by atoms with van der Waals surface area (Å²) in [7, 11) is 3.53. The number of anilines is 2. The Morgan fingerprint density at radius 1 is 1.32 bits per heavy atom. The van der Waals surface area contributed by atoms with E-state index in [0.717, 1.165) is 0 Å². The minimum absolute atomic E-state index is 0.207. The molecule has 0 spiro atoms. The topological polar surface area (TPSA) is 143 Å². The minimum Gasteiger partial charge on any atom is -0.394 e. The molecule has 10 nitrogen and oxygen atoms in total. The molecule has 1 aliphatic rings. The molecule has 22 heavy (non-hydrogen) atoms. The van der Waals surface area contributed by atoms with E-state index in [1.54, 1.807) is 19.0 Å². The number of aromatic nitrogens is 4. The van der Waals surface area contributed by atoms with Gasteiger partial charge in [-0.15, -0.1) is 0 Å². The Hall–Kier alpha value is -2.01. The molecule has 10 heteroatoms. The fraction of sp³-hybridized carbons (Fsp3) is 0.583. The first-order chi connectivity index (χ1) is 10.5.